The third kappa shape index (κ3) is 4.37. The number of nitrogens with two attached hydrogens (primary N) is 1. The quantitative estimate of drug-likeness (QED) is 0.604. The van der Waals surface area contributed by atoms with E-state index in [-0.39, 0.29) is 5.41 Å². The Morgan fingerprint density at radius 1 is 1.36 bits per heavy atom. The van der Waals surface area contributed by atoms with Gasteiger partial charge in [-0.15, -0.1) is 0 Å². The second-order valence-corrected chi connectivity index (χ2v) is 3.52. The first-order chi connectivity index (χ1) is 4.84. The highest BCUT2D eigenvalue weighted by molar-refractivity contribution is 5.79. The van der Waals surface area contributed by atoms with Gasteiger partial charge in [-0.2, -0.15) is 0 Å². The molecule has 0 aliphatic carbocycles. The molecule has 0 amide bonds. The first-order valence-electron chi connectivity index (χ1n) is 3.52. The van der Waals surface area contributed by atoms with Crippen LogP contribution in [-0.2, 0) is 0 Å². The topological polar surface area (TPSA) is 38.4 Å². The minimum Gasteiger partial charge on any atom is -0.384 e. The zero-order valence-electron chi connectivity index (χ0n) is 7.52. The molecule has 0 aromatic carbocycles. The predicted molar refractivity (Wildman–Crippen MR) is 50.4 cm³/mol. The van der Waals surface area contributed by atoms with E-state index in [2.05, 4.69) is 38.9 Å². The lowest BCUT2D eigenvalue weighted by Gasteiger charge is -2.17. The number of allylic oxidation sites excluding steroid dienone is 1. The van der Waals surface area contributed by atoms with Crippen molar-refractivity contribution in [3.8, 4) is 0 Å². The lowest BCUT2D eigenvalue weighted by molar-refractivity contribution is 0.528. The highest BCUT2D eigenvalue weighted by Gasteiger charge is 2.12. The van der Waals surface area contributed by atoms with E-state index >= 15 is 0 Å². The Hall–Kier alpha value is -1.05. The van der Waals surface area contributed by atoms with Crippen LogP contribution < -0.4 is 5.73 Å². The van der Waals surface area contributed by atoms with Gasteiger partial charge in [-0.1, -0.05) is 33.9 Å². The van der Waals surface area contributed by atoms with Crippen LogP contribution in [0.2, 0.25) is 0 Å². The average Bonchev–Trinajstić information content (AvgIpc) is 1.80. The Balaban J connectivity index is 4.20. The monoisotopic (exact) mass is 152 g/mol. The zero-order valence-corrected chi connectivity index (χ0v) is 7.52. The number of rotatable bonds is 2. The number of nitrogens with zero attached hydrogens (tertiary/aromatic N) is 1. The summed E-state index contributed by atoms with van der Waals surface area (Å²) in [6.45, 7) is 13.5. The van der Waals surface area contributed by atoms with E-state index in [1.54, 1.807) is 6.21 Å². The van der Waals surface area contributed by atoms with Gasteiger partial charge >= 0.3 is 0 Å². The summed E-state index contributed by atoms with van der Waals surface area (Å²) in [4.78, 5) is 3.85. The van der Waals surface area contributed by atoms with Crippen LogP contribution in [0, 0.1) is 5.41 Å². The molecule has 0 aliphatic heterocycles. The number of hydrogen-bond acceptors (Lipinski definition) is 2. The van der Waals surface area contributed by atoms with Gasteiger partial charge in [-0.05, 0) is 11.0 Å². The summed E-state index contributed by atoms with van der Waals surface area (Å²) in [5.74, 6) is 0.315. The van der Waals surface area contributed by atoms with Crippen LogP contribution in [-0.4, -0.2) is 6.21 Å². The summed E-state index contributed by atoms with van der Waals surface area (Å²) in [6, 6.07) is 0. The van der Waals surface area contributed by atoms with E-state index in [0.717, 1.165) is 5.57 Å². The van der Waals surface area contributed by atoms with Gasteiger partial charge in [-0.3, -0.25) is 0 Å². The van der Waals surface area contributed by atoms with Gasteiger partial charge in [0.25, 0.3) is 0 Å². The van der Waals surface area contributed by atoms with E-state index in [1.807, 2.05) is 0 Å². The maximum Gasteiger partial charge on any atom is 0.115 e. The molecule has 0 spiro atoms. The molecule has 0 aromatic rings. The molecule has 0 unspecified atom stereocenters. The zero-order chi connectivity index (χ0) is 9.07. The van der Waals surface area contributed by atoms with Gasteiger partial charge in [-0.25, -0.2) is 4.99 Å². The molecule has 0 radical (unpaired) electrons. The molecule has 2 nitrogen and oxygen atoms in total. The van der Waals surface area contributed by atoms with Crippen molar-refractivity contribution in [2.45, 2.75) is 20.8 Å². The third-order valence-corrected chi connectivity index (χ3v) is 1.35. The summed E-state index contributed by atoms with van der Waals surface area (Å²) in [6.07, 6.45) is 1.66. The van der Waals surface area contributed by atoms with Crippen molar-refractivity contribution in [2.75, 3.05) is 0 Å². The minimum absolute atomic E-state index is 0.0545. The molecular weight excluding hydrogens is 136 g/mol. The van der Waals surface area contributed by atoms with E-state index in [4.69, 9.17) is 5.73 Å². The lowest BCUT2D eigenvalue weighted by Crippen LogP contribution is -2.09. The average molecular weight is 152 g/mol. The SMILES string of the molecule is C=C(N)/N=C\C(=C)C(C)(C)C. The van der Waals surface area contributed by atoms with Crippen LogP contribution in [0.25, 0.3) is 0 Å². The number of aliphatic imine (C=N–C) groups is 1. The first kappa shape index (κ1) is 9.95. The van der Waals surface area contributed by atoms with Gasteiger partial charge in [0.1, 0.15) is 5.82 Å². The van der Waals surface area contributed by atoms with Crippen molar-refractivity contribution in [3.05, 3.63) is 24.6 Å². The molecule has 0 aliphatic rings. The fourth-order valence-corrected chi connectivity index (χ4v) is 0.354. The Morgan fingerprint density at radius 2 is 1.82 bits per heavy atom. The smallest absolute Gasteiger partial charge is 0.115 e. The first-order valence-corrected chi connectivity index (χ1v) is 3.52. The summed E-state index contributed by atoms with van der Waals surface area (Å²) < 4.78 is 0. The second-order valence-electron chi connectivity index (χ2n) is 3.52. The molecule has 0 bridgehead atoms. The Labute approximate surface area is 68.5 Å². The van der Waals surface area contributed by atoms with Gasteiger partial charge in [0.2, 0.25) is 0 Å². The van der Waals surface area contributed by atoms with Crippen LogP contribution in [0.4, 0.5) is 0 Å². The van der Waals surface area contributed by atoms with Crippen LogP contribution in [0.1, 0.15) is 20.8 Å². The molecular formula is C9H16N2. The summed E-state index contributed by atoms with van der Waals surface area (Å²) >= 11 is 0. The normalized spacial score (nSPS) is 11.9. The van der Waals surface area contributed by atoms with Crippen molar-refractivity contribution < 1.29 is 0 Å². The molecule has 2 N–H and O–H groups in total. The van der Waals surface area contributed by atoms with E-state index in [9.17, 15) is 0 Å². The predicted octanol–water partition coefficient (Wildman–Crippen LogP) is 2.09. The van der Waals surface area contributed by atoms with Crippen LogP contribution in [0.5, 0.6) is 0 Å². The van der Waals surface area contributed by atoms with Crippen LogP contribution in [0.15, 0.2) is 29.5 Å². The maximum absolute atomic E-state index is 5.25. The van der Waals surface area contributed by atoms with E-state index < -0.39 is 0 Å². The summed E-state index contributed by atoms with van der Waals surface area (Å²) in [5, 5.41) is 0. The van der Waals surface area contributed by atoms with Crippen molar-refractivity contribution in [1.82, 2.24) is 0 Å². The molecule has 0 aromatic heterocycles. The Bertz CT molecular complexity index is 194. The second kappa shape index (κ2) is 3.37. The highest BCUT2D eigenvalue weighted by atomic mass is 14.9. The van der Waals surface area contributed by atoms with Gasteiger partial charge in [0.05, 0.1) is 0 Å². The largest absolute Gasteiger partial charge is 0.384 e. The standard InChI is InChI=1S/C9H16N2/c1-7(9(3,4)5)6-11-8(2)10/h6H,1-2,10H2,3-5H3/b11-6-. The Kier molecular flexibility index (Phi) is 3.05. The van der Waals surface area contributed by atoms with Crippen molar-refractivity contribution in [1.29, 1.82) is 0 Å². The lowest BCUT2D eigenvalue weighted by atomic mass is 9.88. The van der Waals surface area contributed by atoms with Crippen molar-refractivity contribution in [3.63, 3.8) is 0 Å². The molecule has 0 saturated heterocycles. The molecule has 62 valence electrons. The maximum atomic E-state index is 5.25. The van der Waals surface area contributed by atoms with E-state index in [0.29, 0.717) is 5.82 Å². The van der Waals surface area contributed by atoms with Crippen molar-refractivity contribution >= 4 is 6.21 Å². The fourth-order valence-electron chi connectivity index (χ4n) is 0.354. The fraction of sp³-hybridized carbons (Fsp3) is 0.444. The molecule has 11 heavy (non-hydrogen) atoms. The van der Waals surface area contributed by atoms with Crippen LogP contribution in [0.3, 0.4) is 0 Å². The highest BCUT2D eigenvalue weighted by Crippen LogP contribution is 2.21. The number of hydrogen-bond donors (Lipinski definition) is 1. The minimum atomic E-state index is 0.0545. The molecule has 0 rings (SSSR count). The summed E-state index contributed by atoms with van der Waals surface area (Å²) in [5.41, 5.74) is 6.25. The third-order valence-electron chi connectivity index (χ3n) is 1.35. The van der Waals surface area contributed by atoms with Gasteiger partial charge in [0, 0.05) is 6.21 Å². The van der Waals surface area contributed by atoms with Crippen molar-refractivity contribution in [2.24, 2.45) is 16.1 Å². The van der Waals surface area contributed by atoms with Gasteiger partial charge in [0.15, 0.2) is 0 Å². The molecule has 0 atom stereocenters. The molecule has 0 saturated carbocycles. The Morgan fingerprint density at radius 3 is 2.09 bits per heavy atom. The van der Waals surface area contributed by atoms with Crippen LogP contribution >= 0.6 is 0 Å². The molecule has 2 heteroatoms. The molecule has 0 heterocycles. The van der Waals surface area contributed by atoms with Gasteiger partial charge < -0.3 is 5.73 Å². The molecule has 0 fully saturated rings. The summed E-state index contributed by atoms with van der Waals surface area (Å²) in [7, 11) is 0. The van der Waals surface area contributed by atoms with E-state index in [1.165, 1.54) is 0 Å².